The number of amides is 1. The molecule has 0 saturated carbocycles. The van der Waals surface area contributed by atoms with Crippen molar-refractivity contribution in [2.75, 3.05) is 68.2 Å². The molecule has 1 N–H and O–H groups in total. The third-order valence-electron chi connectivity index (χ3n) is 8.25. The first-order valence-electron chi connectivity index (χ1n) is 15.6. The van der Waals surface area contributed by atoms with Crippen LogP contribution in [0.5, 0.6) is 11.5 Å². The Labute approximate surface area is 274 Å². The Balaban J connectivity index is 1.07. The van der Waals surface area contributed by atoms with Crippen LogP contribution in [-0.2, 0) is 4.74 Å². The highest BCUT2D eigenvalue weighted by Gasteiger charge is 2.26. The second-order valence-corrected chi connectivity index (χ2v) is 13.0. The Bertz CT molecular complexity index is 1680. The molecule has 2 aliphatic heterocycles. The number of nitrogens with one attached hydrogen (secondary N) is 1. The van der Waals surface area contributed by atoms with E-state index in [9.17, 15) is 4.79 Å². The fourth-order valence-corrected chi connectivity index (χ4v) is 6.21. The molecule has 0 radical (unpaired) electrons. The molecule has 12 nitrogen and oxygen atoms in total. The first-order valence-corrected chi connectivity index (χ1v) is 15.9. The van der Waals surface area contributed by atoms with Crippen LogP contribution in [0.3, 0.4) is 0 Å². The number of halogens is 1. The van der Waals surface area contributed by atoms with Crippen LogP contribution in [0.15, 0.2) is 49.1 Å². The lowest BCUT2D eigenvalue weighted by molar-refractivity contribution is 0.0500. The quantitative estimate of drug-likeness (QED) is 0.284. The van der Waals surface area contributed by atoms with E-state index in [1.165, 1.54) is 0 Å². The summed E-state index contributed by atoms with van der Waals surface area (Å²) in [5.74, 6) is 1.88. The molecule has 6 rings (SSSR count). The van der Waals surface area contributed by atoms with Gasteiger partial charge in [0.05, 0.1) is 43.0 Å². The average molecular weight is 649 g/mol. The van der Waals surface area contributed by atoms with E-state index in [0.29, 0.717) is 29.0 Å². The normalized spacial score (nSPS) is 17.3. The number of rotatable bonds is 7. The molecule has 0 aliphatic carbocycles. The minimum absolute atomic E-state index is 0.00323. The van der Waals surface area contributed by atoms with Crippen molar-refractivity contribution in [3.8, 4) is 22.8 Å². The van der Waals surface area contributed by atoms with Crippen LogP contribution in [-0.4, -0.2) is 90.6 Å². The number of piperidine rings is 1. The average Bonchev–Trinajstić information content (AvgIpc) is 3.47. The van der Waals surface area contributed by atoms with E-state index in [1.807, 2.05) is 56.0 Å². The molecule has 1 aromatic carbocycles. The molecule has 3 aromatic heterocycles. The number of hydrogen-bond donors (Lipinski definition) is 1. The van der Waals surface area contributed by atoms with Crippen LogP contribution in [0, 0.1) is 0 Å². The summed E-state index contributed by atoms with van der Waals surface area (Å²) in [6.45, 7) is 10.5. The Morgan fingerprint density at radius 3 is 2.30 bits per heavy atom. The van der Waals surface area contributed by atoms with Gasteiger partial charge in [0.25, 0.3) is 0 Å². The van der Waals surface area contributed by atoms with Gasteiger partial charge in [-0.05, 0) is 45.7 Å². The number of piperazine rings is 1. The van der Waals surface area contributed by atoms with Crippen molar-refractivity contribution in [2.24, 2.45) is 0 Å². The van der Waals surface area contributed by atoms with Crippen LogP contribution < -0.4 is 29.5 Å². The minimum atomic E-state index is -0.524. The van der Waals surface area contributed by atoms with E-state index in [0.717, 1.165) is 73.8 Å². The number of alkyl carbamates (subject to hydrolysis) is 1. The van der Waals surface area contributed by atoms with E-state index >= 15 is 0 Å². The highest BCUT2D eigenvalue weighted by molar-refractivity contribution is 6.32. The first kappa shape index (κ1) is 31.5. The molecule has 2 saturated heterocycles. The summed E-state index contributed by atoms with van der Waals surface area (Å²) < 4.78 is 18.4. The van der Waals surface area contributed by atoms with Crippen LogP contribution in [0.4, 0.5) is 22.1 Å². The molecule has 2 aliphatic rings. The van der Waals surface area contributed by atoms with Crippen LogP contribution in [0.1, 0.15) is 33.6 Å². The largest absolute Gasteiger partial charge is 0.496 e. The Kier molecular flexibility index (Phi) is 8.99. The van der Waals surface area contributed by atoms with Gasteiger partial charge in [0.2, 0.25) is 5.95 Å². The smallest absolute Gasteiger partial charge is 0.407 e. The molecular formula is C33H41ClN8O4. The lowest BCUT2D eigenvalue weighted by atomic mass is 10.1. The molecule has 0 bridgehead atoms. The van der Waals surface area contributed by atoms with Gasteiger partial charge in [0.1, 0.15) is 22.7 Å². The predicted octanol–water partition coefficient (Wildman–Crippen LogP) is 5.28. The molecule has 5 heterocycles. The number of carbonyl (C=O) groups excluding carboxylic acids is 1. The SMILES string of the molecule is COc1cc(OC)c(-c2cn3ccc(N4CCN(c5cnc(N6CCCC(NC(=O)OC(C)(C)C)C6)nc5)CC4)cc3n2)cc1Cl. The summed E-state index contributed by atoms with van der Waals surface area (Å²) in [6.07, 6.45) is 9.28. The number of anilines is 3. The van der Waals surface area contributed by atoms with Crippen molar-refractivity contribution in [2.45, 2.75) is 45.3 Å². The van der Waals surface area contributed by atoms with Gasteiger partial charge >= 0.3 is 6.09 Å². The Hall–Kier alpha value is -4.45. The zero-order chi connectivity index (χ0) is 32.4. The van der Waals surface area contributed by atoms with Crippen molar-refractivity contribution in [3.63, 3.8) is 0 Å². The maximum Gasteiger partial charge on any atom is 0.407 e. The van der Waals surface area contributed by atoms with Crippen molar-refractivity contribution < 1.29 is 19.0 Å². The van der Waals surface area contributed by atoms with Gasteiger partial charge in [0, 0.05) is 81.1 Å². The molecule has 1 unspecified atom stereocenters. The summed E-state index contributed by atoms with van der Waals surface area (Å²) in [5.41, 5.74) is 4.02. The van der Waals surface area contributed by atoms with E-state index in [-0.39, 0.29) is 12.1 Å². The molecule has 2 fully saturated rings. The minimum Gasteiger partial charge on any atom is -0.496 e. The molecule has 13 heteroatoms. The maximum atomic E-state index is 12.3. The summed E-state index contributed by atoms with van der Waals surface area (Å²) in [5, 5.41) is 3.50. The lowest BCUT2D eigenvalue weighted by Gasteiger charge is -2.37. The summed E-state index contributed by atoms with van der Waals surface area (Å²) in [4.78, 5) is 33.4. The van der Waals surface area contributed by atoms with Crippen molar-refractivity contribution in [1.82, 2.24) is 24.7 Å². The van der Waals surface area contributed by atoms with Gasteiger partial charge in [0.15, 0.2) is 0 Å². The van der Waals surface area contributed by atoms with E-state index in [2.05, 4.69) is 32.1 Å². The van der Waals surface area contributed by atoms with Gasteiger partial charge in [-0.15, -0.1) is 0 Å². The molecular weight excluding hydrogens is 608 g/mol. The Morgan fingerprint density at radius 2 is 1.63 bits per heavy atom. The number of hydrogen-bond acceptors (Lipinski definition) is 10. The van der Waals surface area contributed by atoms with Crippen LogP contribution >= 0.6 is 11.6 Å². The fourth-order valence-electron chi connectivity index (χ4n) is 5.97. The zero-order valence-electron chi connectivity index (χ0n) is 27.0. The number of nitrogens with zero attached hydrogens (tertiary/aromatic N) is 7. The highest BCUT2D eigenvalue weighted by Crippen LogP contribution is 2.38. The predicted molar refractivity (Wildman–Crippen MR) is 180 cm³/mol. The fraction of sp³-hybridized carbons (Fsp3) is 0.455. The van der Waals surface area contributed by atoms with Crippen LogP contribution in [0.2, 0.25) is 5.02 Å². The number of pyridine rings is 1. The number of benzene rings is 1. The zero-order valence-corrected chi connectivity index (χ0v) is 27.8. The third kappa shape index (κ3) is 7.01. The van der Waals surface area contributed by atoms with Gasteiger partial charge in [-0.3, -0.25) is 0 Å². The lowest BCUT2D eigenvalue weighted by Crippen LogP contribution is -2.49. The van der Waals surface area contributed by atoms with E-state index in [4.69, 9.17) is 40.8 Å². The standard InChI is InChI=1S/C33H41ClN8O4/c1-33(2,3)46-32(43)37-22-7-6-9-42(20-22)31-35-18-24(19-36-31)40-13-11-39(12-14-40)23-8-10-41-21-27(38-30(41)15-23)25-16-26(34)29(45-5)17-28(25)44-4/h8,10,15-19,21-22H,6-7,9,11-14,20H2,1-5H3,(H,37,43). The molecule has 244 valence electrons. The van der Waals surface area contributed by atoms with Gasteiger partial charge < -0.3 is 38.6 Å². The van der Waals surface area contributed by atoms with E-state index < -0.39 is 5.60 Å². The van der Waals surface area contributed by atoms with Gasteiger partial charge in [-0.2, -0.15) is 0 Å². The Morgan fingerprint density at radius 1 is 0.935 bits per heavy atom. The van der Waals surface area contributed by atoms with Crippen molar-refractivity contribution in [3.05, 3.63) is 54.1 Å². The number of fused-ring (bicyclic) bond motifs is 1. The molecule has 4 aromatic rings. The van der Waals surface area contributed by atoms with Crippen molar-refractivity contribution in [1.29, 1.82) is 0 Å². The monoisotopic (exact) mass is 648 g/mol. The topological polar surface area (TPSA) is 110 Å². The maximum absolute atomic E-state index is 12.3. The van der Waals surface area contributed by atoms with Gasteiger partial charge in [-0.1, -0.05) is 11.6 Å². The summed E-state index contributed by atoms with van der Waals surface area (Å²) in [7, 11) is 3.20. The van der Waals surface area contributed by atoms with Crippen LogP contribution in [0.25, 0.3) is 16.9 Å². The number of carbonyl (C=O) groups is 1. The number of aromatic nitrogens is 4. The second-order valence-electron chi connectivity index (χ2n) is 12.6. The first-order chi connectivity index (χ1) is 22.1. The molecule has 0 spiro atoms. The molecule has 46 heavy (non-hydrogen) atoms. The summed E-state index contributed by atoms with van der Waals surface area (Å²) in [6, 6.07) is 7.83. The summed E-state index contributed by atoms with van der Waals surface area (Å²) >= 11 is 6.42. The number of imidazole rings is 1. The second kappa shape index (κ2) is 13.1. The van der Waals surface area contributed by atoms with E-state index in [1.54, 1.807) is 20.3 Å². The van der Waals surface area contributed by atoms with Gasteiger partial charge in [-0.25, -0.2) is 19.7 Å². The molecule has 1 amide bonds. The number of ether oxygens (including phenoxy) is 3. The molecule has 1 atom stereocenters. The van der Waals surface area contributed by atoms with Crippen molar-refractivity contribution >= 4 is 40.7 Å². The number of methoxy groups -OCH3 is 2. The highest BCUT2D eigenvalue weighted by atomic mass is 35.5. The third-order valence-corrected chi connectivity index (χ3v) is 8.55.